The quantitative estimate of drug-likeness (QED) is 0.515. The molecule has 1 aliphatic rings. The Hall–Kier alpha value is -2.51. The molecule has 0 radical (unpaired) electrons. The zero-order valence-corrected chi connectivity index (χ0v) is 16.6. The maximum atomic E-state index is 4.86. The van der Waals surface area contributed by atoms with Crippen LogP contribution in [0.1, 0.15) is 5.82 Å². The van der Waals surface area contributed by atoms with Crippen LogP contribution in [0.25, 0.3) is 20.7 Å². The smallest absolute Gasteiger partial charge is 0.141 e. The SMILES string of the molecule is Cc1nc(N2CCN(c3ccccn3)CC2)c2c(-c3cccs3)csc2n1. The van der Waals surface area contributed by atoms with Crippen LogP contribution < -0.4 is 9.80 Å². The fourth-order valence-electron chi connectivity index (χ4n) is 3.56. The van der Waals surface area contributed by atoms with Crippen molar-refractivity contribution in [1.29, 1.82) is 0 Å². The van der Waals surface area contributed by atoms with E-state index in [0.29, 0.717) is 0 Å². The summed E-state index contributed by atoms with van der Waals surface area (Å²) in [6.07, 6.45) is 1.86. The lowest BCUT2D eigenvalue weighted by Crippen LogP contribution is -2.47. The van der Waals surface area contributed by atoms with Gasteiger partial charge in [0, 0.05) is 48.2 Å². The molecule has 5 nitrogen and oxygen atoms in total. The monoisotopic (exact) mass is 393 g/mol. The van der Waals surface area contributed by atoms with Crippen molar-refractivity contribution in [3.63, 3.8) is 0 Å². The lowest BCUT2D eigenvalue weighted by Gasteiger charge is -2.36. The molecule has 0 aliphatic carbocycles. The predicted octanol–water partition coefficient (Wildman–Crippen LogP) is 4.45. The molecular formula is C20H19N5S2. The Kier molecular flexibility index (Phi) is 4.26. The highest BCUT2D eigenvalue weighted by molar-refractivity contribution is 7.18. The number of nitrogens with zero attached hydrogens (tertiary/aromatic N) is 5. The molecule has 136 valence electrons. The van der Waals surface area contributed by atoms with Crippen LogP contribution in [0.5, 0.6) is 0 Å². The minimum atomic E-state index is 0.837. The second-order valence-electron chi connectivity index (χ2n) is 6.56. The molecule has 0 bridgehead atoms. The highest BCUT2D eigenvalue weighted by Crippen LogP contribution is 2.40. The van der Waals surface area contributed by atoms with E-state index < -0.39 is 0 Å². The number of hydrogen-bond acceptors (Lipinski definition) is 7. The van der Waals surface area contributed by atoms with Gasteiger partial charge in [-0.15, -0.1) is 22.7 Å². The molecular weight excluding hydrogens is 374 g/mol. The van der Waals surface area contributed by atoms with E-state index in [0.717, 1.165) is 48.5 Å². The summed E-state index contributed by atoms with van der Waals surface area (Å²) in [7, 11) is 0. The Morgan fingerprint density at radius 1 is 0.926 bits per heavy atom. The second-order valence-corrected chi connectivity index (χ2v) is 8.37. The number of thiophene rings is 2. The third-order valence-electron chi connectivity index (χ3n) is 4.87. The summed E-state index contributed by atoms with van der Waals surface area (Å²) >= 11 is 3.48. The van der Waals surface area contributed by atoms with E-state index in [4.69, 9.17) is 4.98 Å². The van der Waals surface area contributed by atoms with Crippen LogP contribution in [-0.2, 0) is 0 Å². The van der Waals surface area contributed by atoms with Crippen molar-refractivity contribution in [3.8, 4) is 10.4 Å². The van der Waals surface area contributed by atoms with Gasteiger partial charge < -0.3 is 9.80 Å². The Labute approximate surface area is 166 Å². The number of rotatable bonds is 3. The van der Waals surface area contributed by atoms with Crippen molar-refractivity contribution in [2.24, 2.45) is 0 Å². The molecule has 0 aromatic carbocycles. The van der Waals surface area contributed by atoms with E-state index >= 15 is 0 Å². The normalized spacial score (nSPS) is 14.9. The molecule has 4 aromatic heterocycles. The van der Waals surface area contributed by atoms with Gasteiger partial charge in [0.2, 0.25) is 0 Å². The number of hydrogen-bond donors (Lipinski definition) is 0. The van der Waals surface area contributed by atoms with Gasteiger partial charge in [0.05, 0.1) is 5.39 Å². The first-order valence-corrected chi connectivity index (χ1v) is 10.8. The lowest BCUT2D eigenvalue weighted by atomic mass is 10.1. The number of anilines is 2. The van der Waals surface area contributed by atoms with Gasteiger partial charge >= 0.3 is 0 Å². The largest absolute Gasteiger partial charge is 0.353 e. The predicted molar refractivity (Wildman–Crippen MR) is 114 cm³/mol. The lowest BCUT2D eigenvalue weighted by molar-refractivity contribution is 0.642. The van der Waals surface area contributed by atoms with Gasteiger partial charge in [-0.3, -0.25) is 0 Å². The van der Waals surface area contributed by atoms with Gasteiger partial charge in [-0.25, -0.2) is 15.0 Å². The second kappa shape index (κ2) is 6.90. The molecule has 0 unspecified atom stereocenters. The number of aryl methyl sites for hydroxylation is 1. The Bertz CT molecular complexity index is 1050. The minimum Gasteiger partial charge on any atom is -0.353 e. The van der Waals surface area contributed by atoms with Gasteiger partial charge in [-0.05, 0) is 30.5 Å². The number of aromatic nitrogens is 3. The molecule has 0 saturated carbocycles. The van der Waals surface area contributed by atoms with E-state index in [9.17, 15) is 0 Å². The standard InChI is InChI=1S/C20H19N5S2/c1-14-22-19(18-15(13-27-20(18)23-14)16-5-4-12-26-16)25-10-8-24(9-11-25)17-6-2-3-7-21-17/h2-7,12-13H,8-11H2,1H3. The van der Waals surface area contributed by atoms with Crippen molar-refractivity contribution in [2.45, 2.75) is 6.92 Å². The van der Waals surface area contributed by atoms with Crippen molar-refractivity contribution >= 4 is 44.5 Å². The van der Waals surface area contributed by atoms with Crippen LogP contribution >= 0.6 is 22.7 Å². The van der Waals surface area contributed by atoms with Crippen LogP contribution in [0.2, 0.25) is 0 Å². The minimum absolute atomic E-state index is 0.837. The Morgan fingerprint density at radius 3 is 2.52 bits per heavy atom. The highest BCUT2D eigenvalue weighted by Gasteiger charge is 2.23. The summed E-state index contributed by atoms with van der Waals surface area (Å²) in [6, 6.07) is 10.4. The first kappa shape index (κ1) is 16.6. The number of fused-ring (bicyclic) bond motifs is 1. The highest BCUT2D eigenvalue weighted by atomic mass is 32.1. The fourth-order valence-corrected chi connectivity index (χ4v) is 5.36. The van der Waals surface area contributed by atoms with E-state index in [-0.39, 0.29) is 0 Å². The molecule has 5 heterocycles. The third kappa shape index (κ3) is 3.07. The average Bonchev–Trinajstić information content (AvgIpc) is 3.37. The van der Waals surface area contributed by atoms with E-state index in [1.165, 1.54) is 15.8 Å². The molecule has 0 atom stereocenters. The number of piperazine rings is 1. The molecule has 0 N–H and O–H groups in total. The van der Waals surface area contributed by atoms with Gasteiger partial charge in [0.15, 0.2) is 0 Å². The zero-order chi connectivity index (χ0) is 18.2. The van der Waals surface area contributed by atoms with Crippen LogP contribution in [-0.4, -0.2) is 41.1 Å². The molecule has 5 rings (SSSR count). The Balaban J connectivity index is 1.49. The Morgan fingerprint density at radius 2 is 1.78 bits per heavy atom. The first-order valence-electron chi connectivity index (χ1n) is 9.00. The summed E-state index contributed by atoms with van der Waals surface area (Å²) in [6.45, 7) is 5.74. The third-order valence-corrected chi connectivity index (χ3v) is 6.64. The van der Waals surface area contributed by atoms with Gasteiger partial charge in [0.1, 0.15) is 22.3 Å². The van der Waals surface area contributed by atoms with Crippen molar-refractivity contribution in [2.75, 3.05) is 36.0 Å². The summed E-state index contributed by atoms with van der Waals surface area (Å²) in [5, 5.41) is 5.54. The summed E-state index contributed by atoms with van der Waals surface area (Å²) < 4.78 is 0. The van der Waals surface area contributed by atoms with E-state index in [1.807, 2.05) is 25.3 Å². The maximum Gasteiger partial charge on any atom is 0.141 e. The molecule has 7 heteroatoms. The summed E-state index contributed by atoms with van der Waals surface area (Å²) in [5.41, 5.74) is 1.26. The van der Waals surface area contributed by atoms with Crippen molar-refractivity contribution in [3.05, 3.63) is 53.1 Å². The summed E-state index contributed by atoms with van der Waals surface area (Å²) in [4.78, 5) is 21.1. The van der Waals surface area contributed by atoms with Crippen molar-refractivity contribution in [1.82, 2.24) is 15.0 Å². The van der Waals surface area contributed by atoms with Gasteiger partial charge in [-0.2, -0.15) is 0 Å². The summed E-state index contributed by atoms with van der Waals surface area (Å²) in [5.74, 6) is 2.96. The average molecular weight is 394 g/mol. The van der Waals surface area contributed by atoms with Crippen molar-refractivity contribution < 1.29 is 0 Å². The fraction of sp³-hybridized carbons (Fsp3) is 0.250. The number of pyridine rings is 1. The van der Waals surface area contributed by atoms with Gasteiger partial charge in [-0.1, -0.05) is 12.1 Å². The molecule has 1 saturated heterocycles. The topological polar surface area (TPSA) is 45.2 Å². The molecule has 27 heavy (non-hydrogen) atoms. The molecule has 1 fully saturated rings. The van der Waals surface area contributed by atoms with Gasteiger partial charge in [0.25, 0.3) is 0 Å². The van der Waals surface area contributed by atoms with Crippen LogP contribution in [0.3, 0.4) is 0 Å². The molecule has 4 aromatic rings. The maximum absolute atomic E-state index is 4.86. The zero-order valence-electron chi connectivity index (χ0n) is 15.0. The van der Waals surface area contributed by atoms with Crippen LogP contribution in [0.15, 0.2) is 47.3 Å². The van der Waals surface area contributed by atoms with E-state index in [1.54, 1.807) is 22.7 Å². The van der Waals surface area contributed by atoms with E-state index in [2.05, 4.69) is 48.7 Å². The molecule has 0 amide bonds. The first-order chi connectivity index (χ1) is 13.3. The molecule has 1 aliphatic heterocycles. The van der Waals surface area contributed by atoms with Crippen LogP contribution in [0, 0.1) is 6.92 Å². The van der Waals surface area contributed by atoms with Crippen LogP contribution in [0.4, 0.5) is 11.6 Å². The molecule has 0 spiro atoms.